The predicted molar refractivity (Wildman–Crippen MR) is 99.1 cm³/mol. The van der Waals surface area contributed by atoms with Gasteiger partial charge in [0.2, 0.25) is 5.91 Å². The number of carbonyl (C=O) groups excluding carboxylic acids is 2. The van der Waals surface area contributed by atoms with Gasteiger partial charge in [-0.2, -0.15) is 0 Å². The lowest BCUT2D eigenvalue weighted by atomic mass is 9.92. The van der Waals surface area contributed by atoms with Crippen molar-refractivity contribution in [2.45, 2.75) is 38.8 Å². The van der Waals surface area contributed by atoms with Gasteiger partial charge < -0.3 is 16.0 Å². The fourth-order valence-corrected chi connectivity index (χ4v) is 3.97. The molecule has 0 radical (unpaired) electrons. The molecule has 3 unspecified atom stereocenters. The molecular weight excluding hydrogens is 402 g/mol. The summed E-state index contributed by atoms with van der Waals surface area (Å²) in [6, 6.07) is 3.13. The zero-order valence-corrected chi connectivity index (χ0v) is 16.5. The van der Waals surface area contributed by atoms with Gasteiger partial charge in [0.25, 0.3) is 5.91 Å². The Kier molecular flexibility index (Phi) is 8.00. The van der Waals surface area contributed by atoms with Crippen LogP contribution in [-0.4, -0.2) is 41.9 Å². The van der Waals surface area contributed by atoms with Crippen LogP contribution in [0.2, 0.25) is 0 Å². The third-order valence-corrected chi connectivity index (χ3v) is 5.65. The second-order valence-corrected chi connectivity index (χ2v) is 8.31. The molecule has 5 nitrogen and oxygen atoms in total. The number of amides is 2. The summed E-state index contributed by atoms with van der Waals surface area (Å²) in [5, 5.41) is 2.78. The Morgan fingerprint density at radius 1 is 1.43 bits per heavy atom. The minimum absolute atomic E-state index is 0. The minimum Gasteiger partial charge on any atom is -0.341 e. The van der Waals surface area contributed by atoms with E-state index in [1.165, 1.54) is 11.3 Å². The first kappa shape index (κ1) is 20.4. The van der Waals surface area contributed by atoms with Crippen molar-refractivity contribution in [2.75, 3.05) is 13.1 Å². The molecule has 0 aliphatic carbocycles. The summed E-state index contributed by atoms with van der Waals surface area (Å²) in [5.74, 6) is 0.0977. The Morgan fingerprint density at radius 3 is 2.70 bits per heavy atom. The Hall–Kier alpha value is -0.630. The fourth-order valence-electron chi connectivity index (χ4n) is 2.68. The quantitative estimate of drug-likeness (QED) is 0.780. The van der Waals surface area contributed by atoms with Crippen LogP contribution in [0.4, 0.5) is 0 Å². The topological polar surface area (TPSA) is 75.4 Å². The number of hydrogen-bond acceptors (Lipinski definition) is 4. The van der Waals surface area contributed by atoms with Crippen LogP contribution in [0.5, 0.6) is 0 Å². The Morgan fingerprint density at radius 2 is 2.13 bits per heavy atom. The molecule has 0 saturated carbocycles. The highest BCUT2D eigenvalue weighted by atomic mass is 79.9. The molecule has 1 aliphatic heterocycles. The summed E-state index contributed by atoms with van der Waals surface area (Å²) in [6.07, 6.45) is 2.03. The lowest BCUT2D eigenvalue weighted by Crippen LogP contribution is -2.51. The van der Waals surface area contributed by atoms with Gasteiger partial charge in [0, 0.05) is 19.1 Å². The number of nitrogens with one attached hydrogen (secondary N) is 1. The van der Waals surface area contributed by atoms with Crippen LogP contribution in [0.15, 0.2) is 15.9 Å². The summed E-state index contributed by atoms with van der Waals surface area (Å²) in [7, 11) is 0. The highest BCUT2D eigenvalue weighted by Gasteiger charge is 2.29. The van der Waals surface area contributed by atoms with Crippen molar-refractivity contribution < 1.29 is 9.59 Å². The molecule has 2 heterocycles. The molecule has 1 aromatic heterocycles. The normalized spacial score (nSPS) is 20.3. The molecule has 1 fully saturated rings. The van der Waals surface area contributed by atoms with Gasteiger partial charge in [0.1, 0.15) is 6.04 Å². The summed E-state index contributed by atoms with van der Waals surface area (Å²) in [6.45, 7) is 5.14. The van der Waals surface area contributed by atoms with Gasteiger partial charge in [0.05, 0.1) is 8.66 Å². The molecule has 0 spiro atoms. The highest BCUT2D eigenvalue weighted by molar-refractivity contribution is 9.11. The Labute approximate surface area is 155 Å². The molecule has 0 bridgehead atoms. The first-order valence-electron chi connectivity index (χ1n) is 7.49. The maximum absolute atomic E-state index is 12.5. The number of rotatable bonds is 4. The summed E-state index contributed by atoms with van der Waals surface area (Å²) >= 11 is 4.68. The van der Waals surface area contributed by atoms with Crippen molar-refractivity contribution in [3.8, 4) is 0 Å². The van der Waals surface area contributed by atoms with Crippen molar-refractivity contribution >= 4 is 51.5 Å². The third-order valence-electron chi connectivity index (χ3n) is 4.03. The van der Waals surface area contributed by atoms with E-state index >= 15 is 0 Å². The number of likely N-dealkylation sites (tertiary alicyclic amines) is 1. The zero-order valence-electron chi connectivity index (χ0n) is 13.3. The molecule has 3 atom stereocenters. The number of piperidine rings is 1. The first-order chi connectivity index (χ1) is 10.4. The number of hydrogen-bond donors (Lipinski definition) is 2. The van der Waals surface area contributed by atoms with E-state index in [0.717, 1.165) is 23.2 Å². The van der Waals surface area contributed by atoms with E-state index in [9.17, 15) is 9.59 Å². The van der Waals surface area contributed by atoms with Crippen molar-refractivity contribution in [3.63, 3.8) is 0 Å². The molecule has 1 aliphatic rings. The highest BCUT2D eigenvalue weighted by Crippen LogP contribution is 2.22. The van der Waals surface area contributed by atoms with Gasteiger partial charge in [-0.3, -0.25) is 9.59 Å². The van der Waals surface area contributed by atoms with E-state index in [4.69, 9.17) is 5.73 Å². The van der Waals surface area contributed by atoms with Gasteiger partial charge in [-0.25, -0.2) is 0 Å². The zero-order chi connectivity index (χ0) is 16.3. The van der Waals surface area contributed by atoms with Crippen molar-refractivity contribution in [1.29, 1.82) is 0 Å². The molecule has 1 aromatic rings. The van der Waals surface area contributed by atoms with Gasteiger partial charge in [0.15, 0.2) is 0 Å². The third kappa shape index (κ3) is 5.45. The van der Waals surface area contributed by atoms with Crippen LogP contribution in [0, 0.1) is 5.92 Å². The maximum Gasteiger partial charge on any atom is 0.262 e. The summed E-state index contributed by atoms with van der Waals surface area (Å²) in [4.78, 5) is 27.0. The number of thiophene rings is 1. The molecule has 2 amide bonds. The van der Waals surface area contributed by atoms with Gasteiger partial charge in [-0.05, 0) is 60.7 Å². The molecule has 8 heteroatoms. The number of carbonyl (C=O) groups is 2. The van der Waals surface area contributed by atoms with Crippen molar-refractivity contribution in [1.82, 2.24) is 10.2 Å². The number of halogens is 2. The maximum atomic E-state index is 12.5. The average molecular weight is 425 g/mol. The number of nitrogens with two attached hydrogens (primary N) is 1. The largest absolute Gasteiger partial charge is 0.341 e. The van der Waals surface area contributed by atoms with Crippen molar-refractivity contribution in [2.24, 2.45) is 11.7 Å². The van der Waals surface area contributed by atoms with Crippen LogP contribution in [-0.2, 0) is 4.79 Å². The summed E-state index contributed by atoms with van der Waals surface area (Å²) < 4.78 is 0.896. The van der Waals surface area contributed by atoms with E-state index in [-0.39, 0.29) is 30.3 Å². The van der Waals surface area contributed by atoms with Crippen LogP contribution in [0.25, 0.3) is 0 Å². The SMILES string of the molecule is CC(NC(=O)c1ccc(Br)s1)C(=O)N1CCCC(C(C)N)C1.Cl. The number of nitrogens with zero attached hydrogens (tertiary/aromatic N) is 1. The van der Waals surface area contributed by atoms with E-state index in [1.807, 2.05) is 17.9 Å². The monoisotopic (exact) mass is 423 g/mol. The smallest absolute Gasteiger partial charge is 0.262 e. The molecule has 2 rings (SSSR count). The lowest BCUT2D eigenvalue weighted by Gasteiger charge is -2.36. The van der Waals surface area contributed by atoms with E-state index < -0.39 is 6.04 Å². The van der Waals surface area contributed by atoms with Crippen LogP contribution in [0.3, 0.4) is 0 Å². The molecule has 1 saturated heterocycles. The van der Waals surface area contributed by atoms with Crippen LogP contribution in [0.1, 0.15) is 36.4 Å². The standard InChI is InChI=1S/C15H22BrN3O2S.ClH/c1-9(17)11-4-3-7-19(8-11)15(21)10(2)18-14(20)12-5-6-13(16)22-12;/h5-6,9-11H,3-4,7-8,17H2,1-2H3,(H,18,20);1H. The molecule has 23 heavy (non-hydrogen) atoms. The van der Waals surface area contributed by atoms with Gasteiger partial charge in [-0.15, -0.1) is 23.7 Å². The van der Waals surface area contributed by atoms with Crippen LogP contribution >= 0.6 is 39.7 Å². The molecule has 130 valence electrons. The van der Waals surface area contributed by atoms with E-state index in [2.05, 4.69) is 21.2 Å². The molecule has 3 N–H and O–H groups in total. The minimum atomic E-state index is -0.528. The van der Waals surface area contributed by atoms with Gasteiger partial charge in [-0.1, -0.05) is 0 Å². The van der Waals surface area contributed by atoms with E-state index in [1.54, 1.807) is 13.0 Å². The van der Waals surface area contributed by atoms with Gasteiger partial charge >= 0.3 is 0 Å². The Balaban J connectivity index is 0.00000264. The van der Waals surface area contributed by atoms with Crippen molar-refractivity contribution in [3.05, 3.63) is 20.8 Å². The Bertz CT molecular complexity index is 553. The van der Waals surface area contributed by atoms with E-state index in [0.29, 0.717) is 17.3 Å². The predicted octanol–water partition coefficient (Wildman–Crippen LogP) is 2.64. The molecular formula is C15H23BrClN3O2S. The summed E-state index contributed by atoms with van der Waals surface area (Å²) in [5.41, 5.74) is 5.95. The first-order valence-corrected chi connectivity index (χ1v) is 9.10. The average Bonchev–Trinajstić information content (AvgIpc) is 2.93. The van der Waals surface area contributed by atoms with Crippen LogP contribution < -0.4 is 11.1 Å². The second kappa shape index (κ2) is 9.01. The lowest BCUT2D eigenvalue weighted by molar-refractivity contribution is -0.134. The second-order valence-electron chi connectivity index (χ2n) is 5.84. The molecule has 0 aromatic carbocycles. The fraction of sp³-hybridized carbons (Fsp3) is 0.600.